The molecule has 2 unspecified atom stereocenters. The third-order valence-electron chi connectivity index (χ3n) is 1.84. The van der Waals surface area contributed by atoms with Gasteiger partial charge in [0.15, 0.2) is 5.79 Å². The lowest BCUT2D eigenvalue weighted by molar-refractivity contribution is 0.0158. The molecule has 0 aromatic heterocycles. The van der Waals surface area contributed by atoms with Crippen LogP contribution in [0.15, 0.2) is 0 Å². The van der Waals surface area contributed by atoms with Crippen LogP contribution in [0.2, 0.25) is 0 Å². The van der Waals surface area contributed by atoms with Crippen LogP contribution in [-0.4, -0.2) is 17.5 Å². The second-order valence-electron chi connectivity index (χ2n) is 2.95. The van der Waals surface area contributed by atoms with E-state index >= 15 is 0 Å². The Morgan fingerprint density at radius 2 is 2.33 bits per heavy atom. The normalized spacial score (nSPS) is 36.3. The first-order chi connectivity index (χ1) is 4.16. The minimum absolute atomic E-state index is 0.539. The van der Waals surface area contributed by atoms with Crippen molar-refractivity contribution in [1.29, 1.82) is 0 Å². The molecular formula is C7H14O2. The number of epoxide rings is 1. The van der Waals surface area contributed by atoms with E-state index in [1.54, 1.807) is 0 Å². The second kappa shape index (κ2) is 2.27. The maximum atomic E-state index is 9.21. The average molecular weight is 130 g/mol. The Balaban J connectivity index is 2.17. The van der Waals surface area contributed by atoms with Crippen LogP contribution in [-0.2, 0) is 4.74 Å². The van der Waals surface area contributed by atoms with Crippen molar-refractivity contribution in [2.75, 3.05) is 6.61 Å². The van der Waals surface area contributed by atoms with E-state index in [1.807, 2.05) is 0 Å². The van der Waals surface area contributed by atoms with Crippen molar-refractivity contribution in [3.8, 4) is 0 Å². The minimum Gasteiger partial charge on any atom is -0.364 e. The highest BCUT2D eigenvalue weighted by molar-refractivity contribution is 4.80. The van der Waals surface area contributed by atoms with Gasteiger partial charge in [0.05, 0.1) is 0 Å². The van der Waals surface area contributed by atoms with Gasteiger partial charge in [-0.05, 0) is 5.92 Å². The quantitative estimate of drug-likeness (QED) is 0.581. The van der Waals surface area contributed by atoms with Crippen LogP contribution < -0.4 is 0 Å². The van der Waals surface area contributed by atoms with Crippen LogP contribution in [0.1, 0.15) is 26.7 Å². The molecule has 1 aliphatic heterocycles. The molecule has 0 aromatic rings. The van der Waals surface area contributed by atoms with Gasteiger partial charge in [0, 0.05) is 6.42 Å². The smallest absolute Gasteiger partial charge is 0.189 e. The molecule has 0 bridgehead atoms. The lowest BCUT2D eigenvalue weighted by Gasteiger charge is -2.09. The van der Waals surface area contributed by atoms with Crippen molar-refractivity contribution < 1.29 is 9.84 Å². The molecule has 0 radical (unpaired) electrons. The molecule has 0 spiro atoms. The molecular weight excluding hydrogens is 116 g/mol. The van der Waals surface area contributed by atoms with E-state index in [4.69, 9.17) is 4.74 Å². The first kappa shape index (κ1) is 7.03. The van der Waals surface area contributed by atoms with Gasteiger partial charge in [-0.15, -0.1) is 0 Å². The molecule has 1 fully saturated rings. The molecule has 1 saturated heterocycles. The van der Waals surface area contributed by atoms with Gasteiger partial charge in [-0.3, -0.25) is 0 Å². The van der Waals surface area contributed by atoms with Crippen LogP contribution >= 0.6 is 0 Å². The summed E-state index contributed by atoms with van der Waals surface area (Å²) in [4.78, 5) is 0. The summed E-state index contributed by atoms with van der Waals surface area (Å²) in [5.74, 6) is -0.146. The highest BCUT2D eigenvalue weighted by Crippen LogP contribution is 2.31. The monoisotopic (exact) mass is 130 g/mol. The van der Waals surface area contributed by atoms with Crippen molar-refractivity contribution in [1.82, 2.24) is 0 Å². The summed E-state index contributed by atoms with van der Waals surface area (Å²) in [6.45, 7) is 4.79. The lowest BCUT2D eigenvalue weighted by Crippen LogP contribution is -2.13. The summed E-state index contributed by atoms with van der Waals surface area (Å²) in [6, 6.07) is 0. The first-order valence-corrected chi connectivity index (χ1v) is 3.52. The van der Waals surface area contributed by atoms with Crippen LogP contribution in [0.5, 0.6) is 0 Å². The summed E-state index contributed by atoms with van der Waals surface area (Å²) < 4.78 is 4.82. The van der Waals surface area contributed by atoms with E-state index in [-0.39, 0.29) is 0 Å². The third kappa shape index (κ3) is 1.95. The topological polar surface area (TPSA) is 32.8 Å². The predicted molar refractivity (Wildman–Crippen MR) is 35.0 cm³/mol. The zero-order chi connectivity index (χ0) is 6.91. The maximum absolute atomic E-state index is 9.21. The fourth-order valence-corrected chi connectivity index (χ4v) is 0.890. The van der Waals surface area contributed by atoms with E-state index in [2.05, 4.69) is 13.8 Å². The number of ether oxygens (including phenoxy) is 1. The molecule has 1 rings (SSSR count). The zero-order valence-corrected chi connectivity index (χ0v) is 6.05. The molecule has 2 heteroatoms. The van der Waals surface area contributed by atoms with Crippen LogP contribution in [0.3, 0.4) is 0 Å². The van der Waals surface area contributed by atoms with Crippen molar-refractivity contribution in [3.05, 3.63) is 0 Å². The summed E-state index contributed by atoms with van der Waals surface area (Å²) in [5, 5.41) is 9.21. The van der Waals surface area contributed by atoms with Crippen LogP contribution in [0.4, 0.5) is 0 Å². The SMILES string of the molecule is CCC(C)CC1(O)CO1. The van der Waals surface area contributed by atoms with Gasteiger partial charge < -0.3 is 9.84 Å². The zero-order valence-electron chi connectivity index (χ0n) is 6.05. The molecule has 2 nitrogen and oxygen atoms in total. The van der Waals surface area contributed by atoms with Crippen molar-refractivity contribution in [2.45, 2.75) is 32.5 Å². The van der Waals surface area contributed by atoms with Gasteiger partial charge in [0.25, 0.3) is 0 Å². The molecule has 0 amide bonds. The fourth-order valence-electron chi connectivity index (χ4n) is 0.890. The number of hydrogen-bond donors (Lipinski definition) is 1. The van der Waals surface area contributed by atoms with Crippen LogP contribution in [0, 0.1) is 5.92 Å². The van der Waals surface area contributed by atoms with Crippen molar-refractivity contribution in [3.63, 3.8) is 0 Å². The van der Waals surface area contributed by atoms with Gasteiger partial charge >= 0.3 is 0 Å². The van der Waals surface area contributed by atoms with Gasteiger partial charge in [0.2, 0.25) is 0 Å². The van der Waals surface area contributed by atoms with Gasteiger partial charge in [-0.1, -0.05) is 20.3 Å². The number of hydrogen-bond acceptors (Lipinski definition) is 2. The number of rotatable bonds is 3. The maximum Gasteiger partial charge on any atom is 0.189 e. The Kier molecular flexibility index (Phi) is 1.78. The Hall–Kier alpha value is -0.0800. The molecule has 54 valence electrons. The largest absolute Gasteiger partial charge is 0.364 e. The molecule has 0 saturated carbocycles. The Labute approximate surface area is 55.8 Å². The fraction of sp³-hybridized carbons (Fsp3) is 1.00. The van der Waals surface area contributed by atoms with Crippen LogP contribution in [0.25, 0.3) is 0 Å². The lowest BCUT2D eigenvalue weighted by atomic mass is 10.0. The Morgan fingerprint density at radius 3 is 2.67 bits per heavy atom. The highest BCUT2D eigenvalue weighted by atomic mass is 16.7. The molecule has 0 aromatic carbocycles. The van der Waals surface area contributed by atoms with E-state index in [9.17, 15) is 5.11 Å². The Morgan fingerprint density at radius 1 is 1.78 bits per heavy atom. The summed E-state index contributed by atoms with van der Waals surface area (Å²) in [7, 11) is 0. The second-order valence-corrected chi connectivity index (χ2v) is 2.95. The third-order valence-corrected chi connectivity index (χ3v) is 1.84. The Bertz CT molecular complexity index is 97.1. The van der Waals surface area contributed by atoms with Gasteiger partial charge in [0.1, 0.15) is 6.61 Å². The summed E-state index contributed by atoms with van der Waals surface area (Å²) in [6.07, 6.45) is 1.91. The van der Waals surface area contributed by atoms with E-state index < -0.39 is 5.79 Å². The van der Waals surface area contributed by atoms with E-state index in [0.717, 1.165) is 12.8 Å². The van der Waals surface area contributed by atoms with Gasteiger partial charge in [-0.2, -0.15) is 0 Å². The predicted octanol–water partition coefficient (Wildman–Crippen LogP) is 1.14. The minimum atomic E-state index is -0.727. The number of aliphatic hydroxyl groups is 1. The molecule has 9 heavy (non-hydrogen) atoms. The standard InChI is InChI=1S/C7H14O2/c1-3-6(2)4-7(8)5-9-7/h6,8H,3-5H2,1-2H3. The van der Waals surface area contributed by atoms with Crippen molar-refractivity contribution >= 4 is 0 Å². The highest BCUT2D eigenvalue weighted by Gasteiger charge is 2.42. The summed E-state index contributed by atoms with van der Waals surface area (Å²) in [5.41, 5.74) is 0. The molecule has 2 atom stereocenters. The van der Waals surface area contributed by atoms with E-state index in [1.165, 1.54) is 0 Å². The first-order valence-electron chi connectivity index (χ1n) is 3.52. The van der Waals surface area contributed by atoms with E-state index in [0.29, 0.717) is 12.5 Å². The molecule has 1 aliphatic rings. The van der Waals surface area contributed by atoms with Gasteiger partial charge in [-0.25, -0.2) is 0 Å². The average Bonchev–Trinajstić information content (AvgIpc) is 2.48. The van der Waals surface area contributed by atoms with Crippen molar-refractivity contribution in [2.24, 2.45) is 5.92 Å². The molecule has 1 heterocycles. The molecule has 1 N–H and O–H groups in total. The summed E-state index contributed by atoms with van der Waals surface area (Å²) >= 11 is 0. The molecule has 0 aliphatic carbocycles.